The maximum atomic E-state index is 13.2. The van der Waals surface area contributed by atoms with Crippen molar-refractivity contribution in [3.63, 3.8) is 0 Å². The minimum atomic E-state index is -3.57. The van der Waals surface area contributed by atoms with Gasteiger partial charge in [0, 0.05) is 35.0 Å². The van der Waals surface area contributed by atoms with E-state index in [1.807, 2.05) is 32.0 Å². The van der Waals surface area contributed by atoms with E-state index in [9.17, 15) is 17.4 Å². The van der Waals surface area contributed by atoms with Crippen molar-refractivity contribution >= 4 is 32.5 Å². The number of hydrogen-bond donors (Lipinski definition) is 1. The molecule has 1 unspecified atom stereocenters. The number of carbonyl (C=O) groups excluding carboxylic acids is 1. The number of anilines is 1. The van der Waals surface area contributed by atoms with Gasteiger partial charge < -0.3 is 5.32 Å². The fourth-order valence-electron chi connectivity index (χ4n) is 4.61. The summed E-state index contributed by atoms with van der Waals surface area (Å²) in [5.41, 5.74) is 4.83. The zero-order valence-corrected chi connectivity index (χ0v) is 21.4. The molecule has 2 aromatic carbocycles. The molecule has 10 heteroatoms. The highest BCUT2D eigenvalue weighted by Gasteiger charge is 2.30. The maximum Gasteiger partial charge on any atom is 0.256 e. The number of benzene rings is 2. The number of piperidine rings is 1. The fourth-order valence-corrected chi connectivity index (χ4v) is 7.39. The highest BCUT2D eigenvalue weighted by Crippen LogP contribution is 2.33. The van der Waals surface area contributed by atoms with Crippen LogP contribution in [0.3, 0.4) is 0 Å². The third kappa shape index (κ3) is 4.46. The van der Waals surface area contributed by atoms with Crippen LogP contribution < -0.4 is 5.32 Å². The Labute approximate surface area is 207 Å². The molecular weight excluding hydrogens is 484 g/mol. The molecule has 1 fully saturated rings. The zero-order valence-electron chi connectivity index (χ0n) is 19.8. The smallest absolute Gasteiger partial charge is 0.256 e. The molecule has 0 saturated carbocycles. The summed E-state index contributed by atoms with van der Waals surface area (Å²) in [7, 11) is -4.61. The van der Waals surface area contributed by atoms with Gasteiger partial charge in [-0.3, -0.25) is 9.00 Å². The maximum absolute atomic E-state index is 13.2. The normalized spacial score (nSPS) is 18.4. The molecule has 2 aliphatic heterocycles. The van der Waals surface area contributed by atoms with E-state index in [2.05, 4.69) is 10.4 Å². The second kappa shape index (κ2) is 9.33. The first kappa shape index (κ1) is 23.9. The first-order chi connectivity index (χ1) is 16.8. The van der Waals surface area contributed by atoms with Gasteiger partial charge in [-0.05, 0) is 68.1 Å². The minimum Gasteiger partial charge on any atom is -0.306 e. The van der Waals surface area contributed by atoms with Crippen molar-refractivity contribution in [1.82, 2.24) is 14.1 Å². The Bertz CT molecular complexity index is 1420. The molecule has 3 aromatic rings. The molecule has 1 saturated heterocycles. The van der Waals surface area contributed by atoms with E-state index in [1.165, 1.54) is 28.6 Å². The first-order valence-electron chi connectivity index (χ1n) is 11.7. The fraction of sp³-hybridized carbons (Fsp3) is 0.360. The number of aryl methyl sites for hydroxylation is 1. The van der Waals surface area contributed by atoms with Gasteiger partial charge in [0.15, 0.2) is 0 Å². The van der Waals surface area contributed by atoms with Gasteiger partial charge in [0.05, 0.1) is 27.8 Å². The number of rotatable bonds is 5. The summed E-state index contributed by atoms with van der Waals surface area (Å²) >= 11 is 0. The van der Waals surface area contributed by atoms with Crippen molar-refractivity contribution in [2.24, 2.45) is 0 Å². The Morgan fingerprint density at radius 1 is 1.00 bits per heavy atom. The molecule has 3 heterocycles. The number of sulfonamides is 1. The van der Waals surface area contributed by atoms with Crippen LogP contribution in [0, 0.1) is 13.8 Å². The molecule has 5 rings (SSSR count). The average molecular weight is 513 g/mol. The molecule has 0 aliphatic carbocycles. The lowest BCUT2D eigenvalue weighted by Gasteiger charge is -2.25. The first-order valence-corrected chi connectivity index (χ1v) is 14.6. The Morgan fingerprint density at radius 2 is 1.71 bits per heavy atom. The van der Waals surface area contributed by atoms with E-state index in [4.69, 9.17) is 0 Å². The van der Waals surface area contributed by atoms with E-state index in [1.54, 1.807) is 4.68 Å². The van der Waals surface area contributed by atoms with Crippen LogP contribution in [0.15, 0.2) is 47.4 Å². The lowest BCUT2D eigenvalue weighted by atomic mass is 10.1. The lowest BCUT2D eigenvalue weighted by Crippen LogP contribution is -2.35. The summed E-state index contributed by atoms with van der Waals surface area (Å²) in [5, 5.41) is 7.64. The van der Waals surface area contributed by atoms with Crippen LogP contribution >= 0.6 is 0 Å². The molecule has 0 bridgehead atoms. The van der Waals surface area contributed by atoms with Gasteiger partial charge in [0.1, 0.15) is 5.82 Å². The summed E-state index contributed by atoms with van der Waals surface area (Å²) in [6, 6.07) is 11.9. The molecule has 35 heavy (non-hydrogen) atoms. The second-order valence-electron chi connectivity index (χ2n) is 9.08. The van der Waals surface area contributed by atoms with Gasteiger partial charge in [-0.1, -0.05) is 18.6 Å². The SMILES string of the molecule is Cc1cccc(-n2nc3c(c2NC(=O)c2ccc(S(=O)(=O)N4CCCCC4)cc2)CS(=O)C3)c1C. The van der Waals surface area contributed by atoms with Crippen LogP contribution in [0.4, 0.5) is 5.82 Å². The predicted molar refractivity (Wildman–Crippen MR) is 136 cm³/mol. The molecular formula is C25H28N4O4S2. The number of fused-ring (bicyclic) bond motifs is 1. The van der Waals surface area contributed by atoms with Crippen LogP contribution in [0.1, 0.15) is 52.0 Å². The van der Waals surface area contributed by atoms with Crippen molar-refractivity contribution in [3.05, 3.63) is 70.4 Å². The van der Waals surface area contributed by atoms with Crippen LogP contribution in [-0.2, 0) is 32.3 Å². The number of nitrogens with zero attached hydrogens (tertiary/aromatic N) is 3. The molecule has 0 spiro atoms. The van der Waals surface area contributed by atoms with Gasteiger partial charge in [-0.25, -0.2) is 13.1 Å². The number of nitrogens with one attached hydrogen (secondary N) is 1. The summed E-state index contributed by atoms with van der Waals surface area (Å²) < 4.78 is 41.3. The quantitative estimate of drug-likeness (QED) is 0.562. The summed E-state index contributed by atoms with van der Waals surface area (Å²) in [6.45, 7) is 5.07. The molecule has 1 N–H and O–H groups in total. The molecule has 0 radical (unpaired) electrons. The topological polar surface area (TPSA) is 101 Å². The summed E-state index contributed by atoms with van der Waals surface area (Å²) in [5.74, 6) is 0.829. The van der Waals surface area contributed by atoms with E-state index < -0.39 is 20.8 Å². The molecule has 1 amide bonds. The van der Waals surface area contributed by atoms with E-state index in [-0.39, 0.29) is 10.8 Å². The standard InChI is InChI=1S/C25H28N4O4S2/c1-17-7-6-8-23(18(17)2)29-24(21-15-34(31)16-22(21)27-29)26-25(30)19-9-11-20(12-10-19)35(32,33)28-13-4-3-5-14-28/h6-12H,3-5,13-16H2,1-2H3,(H,26,30). The highest BCUT2D eigenvalue weighted by molar-refractivity contribution is 7.89. The average Bonchev–Trinajstić information content (AvgIpc) is 3.38. The van der Waals surface area contributed by atoms with Crippen molar-refractivity contribution in [3.8, 4) is 5.69 Å². The van der Waals surface area contributed by atoms with Crippen molar-refractivity contribution < 1.29 is 17.4 Å². The Balaban J connectivity index is 1.44. The Hall–Kier alpha value is -2.82. The van der Waals surface area contributed by atoms with Gasteiger partial charge in [0.25, 0.3) is 5.91 Å². The van der Waals surface area contributed by atoms with Crippen molar-refractivity contribution in [1.29, 1.82) is 0 Å². The number of aromatic nitrogens is 2. The number of hydrogen-bond acceptors (Lipinski definition) is 5. The lowest BCUT2D eigenvalue weighted by molar-refractivity contribution is 0.102. The predicted octanol–water partition coefficient (Wildman–Crippen LogP) is 3.68. The summed E-state index contributed by atoms with van der Waals surface area (Å²) in [6.07, 6.45) is 2.77. The third-order valence-corrected chi connectivity index (χ3v) is 9.89. The van der Waals surface area contributed by atoms with Gasteiger partial charge in [-0.2, -0.15) is 9.40 Å². The Kier molecular flexibility index (Phi) is 6.37. The third-order valence-electron chi connectivity index (χ3n) is 6.78. The molecule has 2 aliphatic rings. The van der Waals surface area contributed by atoms with E-state index >= 15 is 0 Å². The van der Waals surface area contributed by atoms with E-state index in [0.29, 0.717) is 36.0 Å². The largest absolute Gasteiger partial charge is 0.306 e. The monoisotopic (exact) mass is 512 g/mol. The van der Waals surface area contributed by atoms with Gasteiger partial charge in [-0.15, -0.1) is 0 Å². The van der Waals surface area contributed by atoms with Gasteiger partial charge in [0.2, 0.25) is 10.0 Å². The summed E-state index contributed by atoms with van der Waals surface area (Å²) in [4.78, 5) is 13.4. The number of carbonyl (C=O) groups is 1. The van der Waals surface area contributed by atoms with Crippen molar-refractivity contribution in [2.45, 2.75) is 49.5 Å². The van der Waals surface area contributed by atoms with Crippen molar-refractivity contribution in [2.75, 3.05) is 18.4 Å². The number of amides is 1. The van der Waals surface area contributed by atoms with Crippen LogP contribution in [0.2, 0.25) is 0 Å². The second-order valence-corrected chi connectivity index (χ2v) is 12.5. The van der Waals surface area contributed by atoms with Crippen LogP contribution in [0.5, 0.6) is 0 Å². The molecule has 184 valence electrons. The van der Waals surface area contributed by atoms with E-state index in [0.717, 1.165) is 47.3 Å². The van der Waals surface area contributed by atoms with Crippen LogP contribution in [0.25, 0.3) is 5.69 Å². The molecule has 1 aromatic heterocycles. The van der Waals surface area contributed by atoms with Gasteiger partial charge >= 0.3 is 0 Å². The Morgan fingerprint density at radius 3 is 2.43 bits per heavy atom. The molecule has 1 atom stereocenters. The van der Waals surface area contributed by atoms with Crippen LogP contribution in [-0.4, -0.2) is 45.7 Å². The minimum absolute atomic E-state index is 0.188. The zero-order chi connectivity index (χ0) is 24.7. The molecule has 8 nitrogen and oxygen atoms in total. The highest BCUT2D eigenvalue weighted by atomic mass is 32.2.